The number of pyridine rings is 1. The number of aromatic nitrogens is 3. The van der Waals surface area contributed by atoms with Gasteiger partial charge in [0.05, 0.1) is 11.8 Å². The summed E-state index contributed by atoms with van der Waals surface area (Å²) in [6.45, 7) is 3.46. The van der Waals surface area contributed by atoms with Gasteiger partial charge in [-0.15, -0.1) is 0 Å². The van der Waals surface area contributed by atoms with E-state index < -0.39 is 0 Å². The average Bonchev–Trinajstić information content (AvgIpc) is 3.27. The number of amides is 2. The molecule has 1 atom stereocenters. The molecular weight excluding hydrogens is 394 g/mol. The zero-order valence-electron chi connectivity index (χ0n) is 17.4. The molecule has 2 N–H and O–H groups in total. The number of carbonyl (C=O) groups excluding carboxylic acids is 1. The van der Waals surface area contributed by atoms with Gasteiger partial charge in [-0.05, 0) is 43.5 Å². The lowest BCUT2D eigenvalue weighted by atomic mass is 10.1. The highest BCUT2D eigenvalue weighted by Gasteiger charge is 2.23. The van der Waals surface area contributed by atoms with E-state index in [4.69, 9.17) is 4.74 Å². The van der Waals surface area contributed by atoms with E-state index in [1.54, 1.807) is 36.4 Å². The van der Waals surface area contributed by atoms with Gasteiger partial charge in [0.2, 0.25) is 0 Å². The lowest BCUT2D eigenvalue weighted by Gasteiger charge is -2.26. The van der Waals surface area contributed by atoms with Crippen LogP contribution in [-0.4, -0.2) is 45.1 Å². The molecule has 1 unspecified atom stereocenters. The lowest BCUT2D eigenvalue weighted by Crippen LogP contribution is -2.39. The van der Waals surface area contributed by atoms with E-state index in [9.17, 15) is 9.59 Å². The summed E-state index contributed by atoms with van der Waals surface area (Å²) in [5.74, 6) is 0.556. The molecule has 1 aromatic carbocycles. The first kappa shape index (κ1) is 20.7. The molecule has 3 aromatic rings. The van der Waals surface area contributed by atoms with Crippen LogP contribution in [0.25, 0.3) is 11.3 Å². The van der Waals surface area contributed by atoms with E-state index in [0.29, 0.717) is 30.3 Å². The molecule has 31 heavy (non-hydrogen) atoms. The van der Waals surface area contributed by atoms with Gasteiger partial charge in [-0.1, -0.05) is 18.2 Å². The Balaban J connectivity index is 1.47. The molecule has 8 heteroatoms. The van der Waals surface area contributed by atoms with Crippen molar-refractivity contribution in [1.29, 1.82) is 0 Å². The molecule has 0 spiro atoms. The second-order valence-electron chi connectivity index (χ2n) is 7.60. The average molecular weight is 419 g/mol. The lowest BCUT2D eigenvalue weighted by molar-refractivity contribution is 0.0819. The van der Waals surface area contributed by atoms with Crippen LogP contribution in [-0.2, 0) is 11.3 Å². The Kier molecular flexibility index (Phi) is 6.37. The second-order valence-corrected chi connectivity index (χ2v) is 7.60. The first-order valence-corrected chi connectivity index (χ1v) is 10.3. The standard InChI is InChI=1S/C23H25N5O3/c1-16-25-21(12-22(29)26-16)18-6-8-19(9-7-18)27-23(30)28(15-20-5-3-11-31-20)14-17-4-2-10-24-13-17/h2,4,6-10,12-13,20H,3,5,11,14-15H2,1H3,(H,27,30)(H,25,26,29). The Hall–Kier alpha value is -3.52. The van der Waals surface area contributed by atoms with Gasteiger partial charge in [-0.2, -0.15) is 0 Å². The quantitative estimate of drug-likeness (QED) is 0.638. The normalized spacial score (nSPS) is 15.6. The van der Waals surface area contributed by atoms with Crippen LogP contribution in [0.4, 0.5) is 10.5 Å². The number of nitrogens with one attached hydrogen (secondary N) is 2. The fraction of sp³-hybridized carbons (Fsp3) is 0.304. The smallest absolute Gasteiger partial charge is 0.322 e. The number of benzene rings is 1. The van der Waals surface area contributed by atoms with Gasteiger partial charge in [0.1, 0.15) is 5.82 Å². The van der Waals surface area contributed by atoms with Crippen molar-refractivity contribution < 1.29 is 9.53 Å². The number of aromatic amines is 1. The van der Waals surface area contributed by atoms with E-state index in [1.165, 1.54) is 6.07 Å². The summed E-state index contributed by atoms with van der Waals surface area (Å²) in [5, 5.41) is 2.96. The molecule has 4 rings (SSSR count). The molecule has 1 saturated heterocycles. The van der Waals surface area contributed by atoms with E-state index in [-0.39, 0.29) is 17.7 Å². The second kappa shape index (κ2) is 9.53. The van der Waals surface area contributed by atoms with Gasteiger partial charge in [-0.3, -0.25) is 9.78 Å². The molecular formula is C23H25N5O3. The minimum Gasteiger partial charge on any atom is -0.376 e. The molecule has 8 nitrogen and oxygen atoms in total. The minimum atomic E-state index is -0.197. The number of aryl methyl sites for hydroxylation is 1. The highest BCUT2D eigenvalue weighted by molar-refractivity contribution is 5.89. The Bertz CT molecular complexity index is 1080. The summed E-state index contributed by atoms with van der Waals surface area (Å²) in [5.41, 5.74) is 2.83. The molecule has 0 bridgehead atoms. The van der Waals surface area contributed by atoms with Gasteiger partial charge in [0, 0.05) is 49.4 Å². The molecule has 3 heterocycles. The van der Waals surface area contributed by atoms with Gasteiger partial charge in [-0.25, -0.2) is 9.78 Å². The third-order valence-electron chi connectivity index (χ3n) is 5.12. The number of urea groups is 1. The Morgan fingerprint density at radius 2 is 2.13 bits per heavy atom. The number of hydrogen-bond donors (Lipinski definition) is 2. The van der Waals surface area contributed by atoms with Crippen molar-refractivity contribution in [2.24, 2.45) is 0 Å². The predicted molar refractivity (Wildman–Crippen MR) is 118 cm³/mol. The highest BCUT2D eigenvalue weighted by atomic mass is 16.5. The maximum absolute atomic E-state index is 13.0. The zero-order valence-corrected chi connectivity index (χ0v) is 17.4. The molecule has 2 amide bonds. The fourth-order valence-electron chi connectivity index (χ4n) is 3.62. The third-order valence-corrected chi connectivity index (χ3v) is 5.12. The molecule has 1 aliphatic heterocycles. The number of anilines is 1. The maximum atomic E-state index is 13.0. The van der Waals surface area contributed by atoms with E-state index >= 15 is 0 Å². The number of rotatable bonds is 6. The summed E-state index contributed by atoms with van der Waals surface area (Å²) in [4.78, 5) is 37.6. The number of hydrogen-bond acceptors (Lipinski definition) is 5. The first-order chi connectivity index (χ1) is 15.1. The van der Waals surface area contributed by atoms with Crippen LogP contribution in [0.3, 0.4) is 0 Å². The minimum absolute atomic E-state index is 0.0512. The Morgan fingerprint density at radius 1 is 1.29 bits per heavy atom. The first-order valence-electron chi connectivity index (χ1n) is 10.3. The molecule has 1 aliphatic rings. The zero-order chi connectivity index (χ0) is 21.6. The molecule has 1 fully saturated rings. The van der Waals surface area contributed by atoms with Crippen molar-refractivity contribution in [3.63, 3.8) is 0 Å². The maximum Gasteiger partial charge on any atom is 0.322 e. The topological polar surface area (TPSA) is 100 Å². The number of carbonyl (C=O) groups is 1. The summed E-state index contributed by atoms with van der Waals surface area (Å²) in [7, 11) is 0. The van der Waals surface area contributed by atoms with Crippen molar-refractivity contribution in [1.82, 2.24) is 19.9 Å². The van der Waals surface area contributed by atoms with E-state index in [2.05, 4.69) is 20.3 Å². The van der Waals surface area contributed by atoms with Crippen LogP contribution in [0.2, 0.25) is 0 Å². The summed E-state index contributed by atoms with van der Waals surface area (Å²) in [6, 6.07) is 12.4. The van der Waals surface area contributed by atoms with Crippen LogP contribution >= 0.6 is 0 Å². The Labute approximate surface area is 180 Å². The number of ether oxygens (including phenoxy) is 1. The van der Waals surface area contributed by atoms with Gasteiger partial charge >= 0.3 is 6.03 Å². The van der Waals surface area contributed by atoms with Crippen LogP contribution in [0.1, 0.15) is 24.2 Å². The number of H-pyrrole nitrogens is 1. The van der Waals surface area contributed by atoms with Crippen LogP contribution < -0.4 is 10.9 Å². The van der Waals surface area contributed by atoms with Gasteiger partial charge in [0.25, 0.3) is 5.56 Å². The van der Waals surface area contributed by atoms with Crippen molar-refractivity contribution in [3.05, 3.63) is 76.6 Å². The molecule has 2 aromatic heterocycles. The van der Waals surface area contributed by atoms with E-state index in [0.717, 1.165) is 30.6 Å². The van der Waals surface area contributed by atoms with Gasteiger partial charge in [0.15, 0.2) is 0 Å². The molecule has 160 valence electrons. The number of nitrogens with zero attached hydrogens (tertiary/aromatic N) is 3. The monoisotopic (exact) mass is 419 g/mol. The van der Waals surface area contributed by atoms with Crippen LogP contribution in [0, 0.1) is 6.92 Å². The van der Waals surface area contributed by atoms with Crippen LogP contribution in [0.5, 0.6) is 0 Å². The SMILES string of the molecule is Cc1nc(-c2ccc(NC(=O)N(Cc3cccnc3)CC3CCCO3)cc2)cc(=O)[nH]1. The van der Waals surface area contributed by atoms with Crippen molar-refractivity contribution in [3.8, 4) is 11.3 Å². The van der Waals surface area contributed by atoms with Gasteiger partial charge < -0.3 is 19.9 Å². The highest BCUT2D eigenvalue weighted by Crippen LogP contribution is 2.20. The van der Waals surface area contributed by atoms with Crippen molar-refractivity contribution in [2.45, 2.75) is 32.4 Å². The summed E-state index contributed by atoms with van der Waals surface area (Å²) in [6.07, 6.45) is 5.50. The molecule has 0 aliphatic carbocycles. The third kappa shape index (κ3) is 5.55. The molecule has 0 saturated carbocycles. The van der Waals surface area contributed by atoms with E-state index in [1.807, 2.05) is 24.3 Å². The fourth-order valence-corrected chi connectivity index (χ4v) is 3.62. The Morgan fingerprint density at radius 3 is 2.81 bits per heavy atom. The van der Waals surface area contributed by atoms with Crippen LogP contribution in [0.15, 0.2) is 59.7 Å². The van der Waals surface area contributed by atoms with Crippen molar-refractivity contribution in [2.75, 3.05) is 18.5 Å². The predicted octanol–water partition coefficient (Wildman–Crippen LogP) is 3.35. The largest absolute Gasteiger partial charge is 0.376 e. The summed E-state index contributed by atoms with van der Waals surface area (Å²) >= 11 is 0. The molecule has 0 radical (unpaired) electrons. The van der Waals surface area contributed by atoms with Crippen molar-refractivity contribution >= 4 is 11.7 Å². The summed E-state index contributed by atoms with van der Waals surface area (Å²) < 4.78 is 5.73.